The molecular weight excluding hydrogens is 260 g/mol. The van der Waals surface area contributed by atoms with Gasteiger partial charge >= 0.3 is 0 Å². The second kappa shape index (κ2) is 8.25. The Kier molecular flexibility index (Phi) is 8.21. The summed E-state index contributed by atoms with van der Waals surface area (Å²) >= 11 is 0. The molecule has 0 bridgehead atoms. The maximum absolute atomic E-state index is 11.3. The third-order valence-corrected chi connectivity index (χ3v) is 6.01. The smallest absolute Gasteiger partial charge is 0.268 e. The van der Waals surface area contributed by atoms with E-state index in [0.29, 0.717) is 24.2 Å². The lowest BCUT2D eigenvalue weighted by Crippen LogP contribution is -2.28. The van der Waals surface area contributed by atoms with Gasteiger partial charge in [-0.2, -0.15) is 8.42 Å². The van der Waals surface area contributed by atoms with E-state index in [4.69, 9.17) is 0 Å². The van der Waals surface area contributed by atoms with Crippen LogP contribution in [0.3, 0.4) is 0 Å². The summed E-state index contributed by atoms with van der Waals surface area (Å²) in [6, 6.07) is 0. The van der Waals surface area contributed by atoms with E-state index in [0.717, 1.165) is 12.8 Å². The van der Waals surface area contributed by atoms with Crippen molar-refractivity contribution in [1.29, 1.82) is 0 Å². The van der Waals surface area contributed by atoms with Crippen molar-refractivity contribution < 1.29 is 13.0 Å². The van der Waals surface area contributed by atoms with Crippen LogP contribution in [0.15, 0.2) is 0 Å². The summed E-state index contributed by atoms with van der Waals surface area (Å²) in [6.45, 7) is 12.7. The van der Waals surface area contributed by atoms with Gasteiger partial charge in [0.25, 0.3) is 10.1 Å². The molecule has 0 aliphatic carbocycles. The maximum Gasteiger partial charge on any atom is 0.268 e. The predicted molar refractivity (Wildman–Crippen MR) is 81.8 cm³/mol. The van der Waals surface area contributed by atoms with Gasteiger partial charge in [0.1, 0.15) is 0 Å². The first kappa shape index (κ1) is 18.9. The van der Waals surface area contributed by atoms with Crippen LogP contribution in [-0.2, 0) is 10.1 Å². The van der Waals surface area contributed by atoms with E-state index < -0.39 is 15.4 Å². The summed E-state index contributed by atoms with van der Waals surface area (Å²) in [5.74, 6) is 1.93. The van der Waals surface area contributed by atoms with E-state index in [1.807, 2.05) is 13.8 Å². The highest BCUT2D eigenvalue weighted by Gasteiger charge is 2.28. The van der Waals surface area contributed by atoms with Gasteiger partial charge in [-0.15, -0.1) is 0 Å². The highest BCUT2D eigenvalue weighted by Crippen LogP contribution is 2.27. The Morgan fingerprint density at radius 3 is 1.84 bits per heavy atom. The zero-order valence-electron chi connectivity index (χ0n) is 13.4. The van der Waals surface area contributed by atoms with Crippen LogP contribution >= 0.6 is 0 Å². The maximum atomic E-state index is 11.3. The van der Waals surface area contributed by atoms with Gasteiger partial charge in [0.05, 0.1) is 5.25 Å². The summed E-state index contributed by atoms with van der Waals surface area (Å²) < 4.78 is 31.8. The van der Waals surface area contributed by atoms with Gasteiger partial charge in [0.2, 0.25) is 0 Å². The first-order valence-electron chi connectivity index (χ1n) is 7.55. The Hall–Kier alpha value is -0.0900. The lowest BCUT2D eigenvalue weighted by molar-refractivity contribution is 0.311. The summed E-state index contributed by atoms with van der Waals surface area (Å²) in [7, 11) is -3.90. The van der Waals surface area contributed by atoms with Crippen molar-refractivity contribution in [3.05, 3.63) is 0 Å². The summed E-state index contributed by atoms with van der Waals surface area (Å²) in [5, 5.41) is -0.613. The van der Waals surface area contributed by atoms with Gasteiger partial charge in [-0.25, -0.2) is 0 Å². The number of hydrogen-bond acceptors (Lipinski definition) is 2. The quantitative estimate of drug-likeness (QED) is 0.641. The third kappa shape index (κ3) is 7.31. The molecule has 0 amide bonds. The zero-order valence-corrected chi connectivity index (χ0v) is 14.2. The van der Waals surface area contributed by atoms with Gasteiger partial charge in [-0.3, -0.25) is 4.55 Å². The first-order valence-corrected chi connectivity index (χ1v) is 9.06. The molecule has 0 radical (unpaired) electrons. The molecule has 0 heterocycles. The Bertz CT molecular complexity index is 335. The van der Waals surface area contributed by atoms with Crippen LogP contribution in [0.5, 0.6) is 0 Å². The van der Waals surface area contributed by atoms with Crippen LogP contribution in [0.25, 0.3) is 0 Å². The van der Waals surface area contributed by atoms with Crippen molar-refractivity contribution in [3.8, 4) is 0 Å². The van der Waals surface area contributed by atoms with Gasteiger partial charge < -0.3 is 0 Å². The van der Waals surface area contributed by atoms with Gasteiger partial charge in [0.15, 0.2) is 0 Å². The molecule has 0 rings (SSSR count). The molecule has 0 aromatic heterocycles. The predicted octanol–water partition coefficient (Wildman–Crippen LogP) is 4.39. The lowest BCUT2D eigenvalue weighted by Gasteiger charge is -2.24. The fourth-order valence-electron chi connectivity index (χ4n) is 2.69. The highest BCUT2D eigenvalue weighted by atomic mass is 32.2. The average molecular weight is 292 g/mol. The van der Waals surface area contributed by atoms with Crippen LogP contribution in [0.4, 0.5) is 0 Å². The van der Waals surface area contributed by atoms with E-state index in [1.165, 1.54) is 6.42 Å². The Balaban J connectivity index is 4.28. The van der Waals surface area contributed by atoms with Crippen molar-refractivity contribution in [2.24, 2.45) is 23.7 Å². The highest BCUT2D eigenvalue weighted by molar-refractivity contribution is 7.86. The average Bonchev–Trinajstić information content (AvgIpc) is 2.24. The van der Waals surface area contributed by atoms with Crippen LogP contribution < -0.4 is 0 Å². The second-order valence-electron chi connectivity index (χ2n) is 6.58. The Labute approximate surface area is 119 Å². The molecule has 0 saturated carbocycles. The van der Waals surface area contributed by atoms with E-state index in [-0.39, 0.29) is 5.92 Å². The minimum absolute atomic E-state index is 0.0179. The fraction of sp³-hybridized carbons (Fsp3) is 1.00. The van der Waals surface area contributed by atoms with Crippen LogP contribution in [-0.4, -0.2) is 18.2 Å². The Morgan fingerprint density at radius 2 is 1.47 bits per heavy atom. The monoisotopic (exact) mass is 292 g/mol. The molecule has 4 unspecified atom stereocenters. The van der Waals surface area contributed by atoms with Crippen molar-refractivity contribution >= 4 is 10.1 Å². The van der Waals surface area contributed by atoms with Crippen molar-refractivity contribution in [2.75, 3.05) is 0 Å². The number of hydrogen-bond donors (Lipinski definition) is 1. The molecule has 0 fully saturated rings. The third-order valence-electron chi connectivity index (χ3n) is 4.45. The second-order valence-corrected chi connectivity index (χ2v) is 8.21. The van der Waals surface area contributed by atoms with Gasteiger partial charge in [-0.05, 0) is 36.5 Å². The van der Waals surface area contributed by atoms with Gasteiger partial charge in [-0.1, -0.05) is 54.4 Å². The molecule has 0 spiro atoms. The zero-order chi connectivity index (χ0) is 15.2. The molecule has 4 heteroatoms. The summed E-state index contributed by atoms with van der Waals surface area (Å²) in [4.78, 5) is 0. The molecule has 0 aliphatic rings. The van der Waals surface area contributed by atoms with Crippen LogP contribution in [0.1, 0.15) is 67.2 Å². The molecule has 0 saturated heterocycles. The largest absolute Gasteiger partial charge is 0.285 e. The molecule has 3 nitrogen and oxygen atoms in total. The molecule has 19 heavy (non-hydrogen) atoms. The van der Waals surface area contributed by atoms with Gasteiger partial charge in [0, 0.05) is 0 Å². The first-order chi connectivity index (χ1) is 8.59. The van der Waals surface area contributed by atoms with E-state index in [2.05, 4.69) is 27.7 Å². The summed E-state index contributed by atoms with van der Waals surface area (Å²) in [6.07, 6.45) is 3.66. The minimum Gasteiger partial charge on any atom is -0.285 e. The van der Waals surface area contributed by atoms with E-state index in [1.54, 1.807) is 0 Å². The SMILES string of the molecule is CCC(C(C)CC(C)CCC(C)C(C)C)S(=O)(=O)O. The Morgan fingerprint density at radius 1 is 0.947 bits per heavy atom. The number of rotatable bonds is 9. The molecule has 116 valence electrons. The van der Waals surface area contributed by atoms with Crippen molar-refractivity contribution in [1.82, 2.24) is 0 Å². The molecule has 1 N–H and O–H groups in total. The van der Waals surface area contributed by atoms with E-state index in [9.17, 15) is 13.0 Å². The fourth-order valence-corrected chi connectivity index (χ4v) is 3.81. The molecule has 0 aromatic rings. The standard InChI is InChI=1S/C15H32O3S/c1-7-15(19(16,17)18)14(6)10-12(4)8-9-13(5)11(2)3/h11-15H,7-10H2,1-6H3,(H,16,17,18). The van der Waals surface area contributed by atoms with Crippen molar-refractivity contribution in [3.63, 3.8) is 0 Å². The molecule has 4 atom stereocenters. The lowest BCUT2D eigenvalue weighted by atomic mass is 9.86. The van der Waals surface area contributed by atoms with Crippen LogP contribution in [0.2, 0.25) is 0 Å². The van der Waals surface area contributed by atoms with Crippen molar-refractivity contribution in [2.45, 2.75) is 72.5 Å². The molecular formula is C15H32O3S. The minimum atomic E-state index is -3.90. The molecule has 0 aliphatic heterocycles. The molecule has 0 aromatic carbocycles. The van der Waals surface area contributed by atoms with Crippen LogP contribution in [0, 0.1) is 23.7 Å². The summed E-state index contributed by atoms with van der Waals surface area (Å²) in [5.41, 5.74) is 0. The normalized spacial score (nSPS) is 19.2. The van der Waals surface area contributed by atoms with E-state index >= 15 is 0 Å². The topological polar surface area (TPSA) is 54.4 Å².